The van der Waals surface area contributed by atoms with Crippen LogP contribution in [-0.4, -0.2) is 18.3 Å². The zero-order valence-corrected chi connectivity index (χ0v) is 52.7. The molecule has 0 spiro atoms. The third-order valence-electron chi connectivity index (χ3n) is 23.8. The van der Waals surface area contributed by atoms with Gasteiger partial charge in [0.1, 0.15) is 17.2 Å². The first-order valence-electron chi connectivity index (χ1n) is 35.1. The molecule has 0 amide bonds. The summed E-state index contributed by atoms with van der Waals surface area (Å²) in [5.74, 6) is -10.4. The molecule has 18 heteroatoms. The monoisotopic (exact) mass is 1300 g/mol. The summed E-state index contributed by atoms with van der Waals surface area (Å²) in [4.78, 5) is 0. The van der Waals surface area contributed by atoms with Crippen molar-refractivity contribution in [3.63, 3.8) is 0 Å². The minimum atomic E-state index is -3.53. The maximum absolute atomic E-state index is 14.6. The van der Waals surface area contributed by atoms with Crippen LogP contribution in [0.1, 0.15) is 238 Å². The fourth-order valence-electron chi connectivity index (χ4n) is 17.8. The van der Waals surface area contributed by atoms with Gasteiger partial charge in [-0.25, -0.2) is 39.5 Å². The van der Waals surface area contributed by atoms with Gasteiger partial charge in [0.15, 0.2) is 52.4 Å². The molecule has 9 fully saturated rings. The van der Waals surface area contributed by atoms with E-state index in [2.05, 4.69) is 14.2 Å². The standard InChI is InChI=1S/C25H33F5O.2C24H31F5O/c26-22-14-21(15-23(27)24(22)28)31-25(29,30)20-11-9-19(10-12-20)18-7-5-17(6-8-18)13-16-3-1-2-4-16;25-21-13-20(14-22(26)23(21)27)30-24(28,29)19-11-9-18(10-12-19)17-7-5-16(6-8-17)4-3-15-1-2-15;25-21-13-20(14-22(26)23(21)27)30-24(28,29)19-10-8-18(9-11-19)17-6-4-16(5-7-17)12-15-2-1-3-15/h14-20H,1-13H2;2*13-19H,1-12H2. The van der Waals surface area contributed by atoms with E-state index in [0.29, 0.717) is 110 Å². The van der Waals surface area contributed by atoms with Crippen molar-refractivity contribution in [2.24, 2.45) is 88.8 Å². The molecule has 510 valence electrons. The van der Waals surface area contributed by atoms with E-state index in [1.807, 2.05) is 0 Å². The predicted octanol–water partition coefficient (Wildman–Crippen LogP) is 24.0. The normalized spacial score (nSPS) is 30.5. The lowest BCUT2D eigenvalue weighted by molar-refractivity contribution is -0.225. The summed E-state index contributed by atoms with van der Waals surface area (Å²) >= 11 is 0. The molecule has 0 saturated heterocycles. The SMILES string of the molecule is Fc1cc(OC(F)(F)C2CCC(C3CCC(CC4CCC4)CC3)CC2)cc(F)c1F.Fc1cc(OC(F)(F)C2CCC(C3CCC(CC4CCCC4)CC3)CC2)cc(F)c1F.Fc1cc(OC(F)(F)C2CCC(C3CCC(CCC4CC4)CC3)CC2)cc(F)c1F. The van der Waals surface area contributed by atoms with Crippen molar-refractivity contribution in [1.82, 2.24) is 0 Å². The Hall–Kier alpha value is -3.99. The van der Waals surface area contributed by atoms with E-state index in [4.69, 9.17) is 0 Å². The molecular weight excluding hydrogens is 1210 g/mol. The van der Waals surface area contributed by atoms with E-state index in [1.165, 1.54) is 161 Å². The van der Waals surface area contributed by atoms with E-state index < -0.39 is 106 Å². The average molecular weight is 1310 g/mol. The molecule has 9 aliphatic rings. The van der Waals surface area contributed by atoms with Crippen molar-refractivity contribution in [1.29, 1.82) is 0 Å². The number of hydrogen-bond donors (Lipinski definition) is 0. The Morgan fingerprint density at radius 1 is 0.253 bits per heavy atom. The Labute approximate surface area is 528 Å². The summed E-state index contributed by atoms with van der Waals surface area (Å²) in [6, 6.07) is 2.84. The molecule has 0 bridgehead atoms. The van der Waals surface area contributed by atoms with Crippen LogP contribution in [-0.2, 0) is 0 Å². The number of hydrogen-bond acceptors (Lipinski definition) is 3. The first kappa shape index (κ1) is 69.8. The van der Waals surface area contributed by atoms with Gasteiger partial charge < -0.3 is 14.2 Å². The molecule has 3 aromatic rings. The smallest absolute Gasteiger partial charge is 0.400 e. The van der Waals surface area contributed by atoms with Crippen molar-refractivity contribution in [3.8, 4) is 17.2 Å². The predicted molar refractivity (Wildman–Crippen MR) is 319 cm³/mol. The lowest BCUT2D eigenvalue weighted by Gasteiger charge is -2.40. The van der Waals surface area contributed by atoms with Crippen molar-refractivity contribution in [3.05, 3.63) is 88.8 Å². The third-order valence-corrected chi connectivity index (χ3v) is 23.8. The summed E-state index contributed by atoms with van der Waals surface area (Å²) in [6.07, 6.45) is 29.0. The average Bonchev–Trinajstić information content (AvgIpc) is 1.16. The van der Waals surface area contributed by atoms with Crippen molar-refractivity contribution in [2.45, 2.75) is 256 Å². The zero-order chi connectivity index (χ0) is 64.6. The lowest BCUT2D eigenvalue weighted by atomic mass is 9.67. The van der Waals surface area contributed by atoms with Gasteiger partial charge in [0.25, 0.3) is 0 Å². The quantitative estimate of drug-likeness (QED) is 0.0884. The van der Waals surface area contributed by atoms with E-state index in [-0.39, 0.29) is 0 Å². The molecule has 91 heavy (non-hydrogen) atoms. The van der Waals surface area contributed by atoms with E-state index >= 15 is 0 Å². The lowest BCUT2D eigenvalue weighted by Crippen LogP contribution is -2.38. The molecule has 3 nitrogen and oxygen atoms in total. The molecular formula is C73H95F15O3. The van der Waals surface area contributed by atoms with Gasteiger partial charge in [0.2, 0.25) is 0 Å². The molecule has 12 rings (SSSR count). The summed E-state index contributed by atoms with van der Waals surface area (Å²) < 4.78 is 220. The molecule has 0 unspecified atom stereocenters. The van der Waals surface area contributed by atoms with Crippen LogP contribution >= 0.6 is 0 Å². The molecule has 0 N–H and O–H groups in total. The number of benzene rings is 3. The van der Waals surface area contributed by atoms with Crippen LogP contribution < -0.4 is 14.2 Å². The number of rotatable bonds is 19. The van der Waals surface area contributed by atoms with Gasteiger partial charge in [0.05, 0.1) is 17.8 Å². The van der Waals surface area contributed by atoms with E-state index in [1.54, 1.807) is 0 Å². The second-order valence-corrected chi connectivity index (χ2v) is 29.7. The summed E-state index contributed by atoms with van der Waals surface area (Å²) in [7, 11) is 0. The zero-order valence-electron chi connectivity index (χ0n) is 52.7. The number of ether oxygens (including phenoxy) is 3. The van der Waals surface area contributed by atoms with E-state index in [9.17, 15) is 65.9 Å². The van der Waals surface area contributed by atoms with Crippen LogP contribution in [0.4, 0.5) is 65.9 Å². The molecule has 0 atom stereocenters. The van der Waals surface area contributed by atoms with Crippen LogP contribution in [0.5, 0.6) is 17.2 Å². The Kier molecular flexibility index (Phi) is 24.0. The van der Waals surface area contributed by atoms with Gasteiger partial charge in [-0.2, -0.15) is 26.3 Å². The molecule has 3 aromatic carbocycles. The molecule has 0 radical (unpaired) electrons. The molecule has 0 heterocycles. The van der Waals surface area contributed by atoms with Gasteiger partial charge in [-0.1, -0.05) is 109 Å². The van der Waals surface area contributed by atoms with Crippen molar-refractivity contribution >= 4 is 0 Å². The highest BCUT2D eigenvalue weighted by atomic mass is 19.3. The second-order valence-electron chi connectivity index (χ2n) is 29.7. The van der Waals surface area contributed by atoms with Crippen molar-refractivity contribution in [2.75, 3.05) is 0 Å². The summed E-state index contributed by atoms with van der Waals surface area (Å²) in [5.41, 5.74) is 0. The van der Waals surface area contributed by atoms with Crippen LogP contribution in [0.2, 0.25) is 0 Å². The van der Waals surface area contributed by atoms with Crippen LogP contribution in [0.15, 0.2) is 36.4 Å². The van der Waals surface area contributed by atoms with Crippen LogP contribution in [0.25, 0.3) is 0 Å². The van der Waals surface area contributed by atoms with Crippen molar-refractivity contribution < 1.29 is 80.1 Å². The van der Waals surface area contributed by atoms with Gasteiger partial charge >= 0.3 is 18.3 Å². The highest BCUT2D eigenvalue weighted by molar-refractivity contribution is 5.27. The summed E-state index contributed by atoms with van der Waals surface area (Å²) in [6.45, 7) is 0. The largest absolute Gasteiger partial charge is 0.432 e. The van der Waals surface area contributed by atoms with E-state index in [0.717, 1.165) is 74.0 Å². The third kappa shape index (κ3) is 19.2. The highest BCUT2D eigenvalue weighted by Gasteiger charge is 2.49. The van der Waals surface area contributed by atoms with Gasteiger partial charge in [-0.05, 0) is 199 Å². The molecule has 0 aromatic heterocycles. The first-order valence-corrected chi connectivity index (χ1v) is 35.1. The topological polar surface area (TPSA) is 27.7 Å². The van der Waals surface area contributed by atoms with Crippen LogP contribution in [0, 0.1) is 141 Å². The second kappa shape index (κ2) is 31.3. The Morgan fingerprint density at radius 2 is 0.451 bits per heavy atom. The Balaban J connectivity index is 0.000000150. The highest BCUT2D eigenvalue weighted by Crippen LogP contribution is 2.51. The minimum Gasteiger partial charge on any atom is -0.432 e. The van der Waals surface area contributed by atoms with Gasteiger partial charge in [-0.3, -0.25) is 0 Å². The van der Waals surface area contributed by atoms with Crippen LogP contribution in [0.3, 0.4) is 0 Å². The fourth-order valence-corrected chi connectivity index (χ4v) is 17.8. The number of halogens is 15. The first-order chi connectivity index (χ1) is 43.4. The summed E-state index contributed by atoms with van der Waals surface area (Å²) in [5, 5.41) is 0. The Morgan fingerprint density at radius 3 is 0.670 bits per heavy atom. The van der Waals surface area contributed by atoms with Gasteiger partial charge in [0, 0.05) is 36.4 Å². The molecule has 9 saturated carbocycles. The molecule has 9 aliphatic carbocycles. The maximum atomic E-state index is 14.6. The molecule has 0 aliphatic heterocycles. The maximum Gasteiger partial charge on any atom is 0.400 e. The Bertz CT molecular complexity index is 2680. The number of alkyl halides is 6. The minimum absolute atomic E-state index is 0.339. The fraction of sp³-hybridized carbons (Fsp3) is 0.753. The van der Waals surface area contributed by atoms with Gasteiger partial charge in [-0.15, -0.1) is 0 Å².